The number of piperidine rings is 1. The second-order valence-corrected chi connectivity index (χ2v) is 10.2. The number of hydrogen-bond acceptors (Lipinski definition) is 6. The second-order valence-electron chi connectivity index (χ2n) is 8.08. The van der Waals surface area contributed by atoms with Crippen LogP contribution in [0.4, 0.5) is 19.1 Å². The first-order valence-corrected chi connectivity index (χ1v) is 12.1. The van der Waals surface area contributed by atoms with E-state index in [1.807, 2.05) is 0 Å². The summed E-state index contributed by atoms with van der Waals surface area (Å²) in [6.07, 6.45) is -2.43. The average Bonchev–Trinajstić information content (AvgIpc) is 3.58. The van der Waals surface area contributed by atoms with E-state index in [0.717, 1.165) is 31.0 Å². The molecule has 1 saturated carbocycles. The van der Waals surface area contributed by atoms with Gasteiger partial charge in [0.1, 0.15) is 5.69 Å². The SMILES string of the molecule is O=C(O)c1cc(Cl)ccc1S(=O)(=O)NC1CCN(c2nc(C3CC3)cc(C(F)(F)F)n2)CC1. The van der Waals surface area contributed by atoms with Crippen LogP contribution in [-0.2, 0) is 16.2 Å². The molecule has 1 aromatic heterocycles. The third kappa shape index (κ3) is 5.39. The lowest BCUT2D eigenvalue weighted by atomic mass is 10.1. The third-order valence-electron chi connectivity index (χ3n) is 5.58. The van der Waals surface area contributed by atoms with Gasteiger partial charge in [-0.3, -0.25) is 0 Å². The first-order valence-electron chi connectivity index (χ1n) is 10.2. The standard InChI is InChI=1S/C20H20ClF3N4O4S/c21-12-3-4-16(14(9-12)18(29)30)33(31,32)27-13-5-7-28(8-6-13)19-25-15(11-1-2-11)10-17(26-19)20(22,23)24/h3-4,9-11,13,27H,1-2,5-8H2,(H,29,30). The minimum atomic E-state index is -4.59. The summed E-state index contributed by atoms with van der Waals surface area (Å²) < 4.78 is 67.9. The molecule has 0 bridgehead atoms. The highest BCUT2D eigenvalue weighted by Gasteiger charge is 2.37. The van der Waals surface area contributed by atoms with E-state index in [2.05, 4.69) is 14.7 Å². The molecule has 1 aliphatic carbocycles. The van der Waals surface area contributed by atoms with Gasteiger partial charge in [0.2, 0.25) is 16.0 Å². The largest absolute Gasteiger partial charge is 0.478 e. The van der Waals surface area contributed by atoms with E-state index in [-0.39, 0.29) is 42.8 Å². The fraction of sp³-hybridized carbons (Fsp3) is 0.450. The van der Waals surface area contributed by atoms with Crippen molar-refractivity contribution < 1.29 is 31.5 Å². The van der Waals surface area contributed by atoms with Gasteiger partial charge in [-0.25, -0.2) is 27.9 Å². The summed E-state index contributed by atoms with van der Waals surface area (Å²) in [5.41, 5.74) is -1.06. The molecule has 2 N–H and O–H groups in total. The number of alkyl halides is 3. The summed E-state index contributed by atoms with van der Waals surface area (Å²) in [5, 5.41) is 9.40. The van der Waals surface area contributed by atoms with Gasteiger partial charge in [-0.2, -0.15) is 13.2 Å². The summed E-state index contributed by atoms with van der Waals surface area (Å²) in [4.78, 5) is 20.7. The molecule has 178 valence electrons. The minimum Gasteiger partial charge on any atom is -0.478 e. The molecule has 0 spiro atoms. The maximum absolute atomic E-state index is 13.3. The van der Waals surface area contributed by atoms with Crippen LogP contribution in [0.25, 0.3) is 0 Å². The van der Waals surface area contributed by atoms with Crippen LogP contribution in [0.5, 0.6) is 0 Å². The Hall–Kier alpha value is -2.44. The van der Waals surface area contributed by atoms with Crippen molar-refractivity contribution in [2.75, 3.05) is 18.0 Å². The lowest BCUT2D eigenvalue weighted by Crippen LogP contribution is -2.45. The van der Waals surface area contributed by atoms with E-state index < -0.39 is 44.4 Å². The number of nitrogens with zero attached hydrogens (tertiary/aromatic N) is 3. The summed E-state index contributed by atoms with van der Waals surface area (Å²) in [6.45, 7) is 0.482. The molecular weight excluding hydrogens is 485 g/mol. The number of carbonyl (C=O) groups is 1. The fourth-order valence-electron chi connectivity index (χ4n) is 3.71. The molecule has 1 aromatic carbocycles. The van der Waals surface area contributed by atoms with Crippen LogP contribution in [-0.4, -0.2) is 48.6 Å². The number of benzene rings is 1. The first-order chi connectivity index (χ1) is 15.4. The predicted octanol–water partition coefficient (Wildman–Crippen LogP) is 3.67. The Kier molecular flexibility index (Phi) is 6.27. The lowest BCUT2D eigenvalue weighted by molar-refractivity contribution is -0.141. The number of carboxylic acids is 1. The molecule has 4 rings (SSSR count). The van der Waals surface area contributed by atoms with Crippen molar-refractivity contribution in [3.8, 4) is 0 Å². The molecule has 2 aliphatic rings. The number of anilines is 1. The van der Waals surface area contributed by atoms with Crippen LogP contribution in [0, 0.1) is 0 Å². The number of halogens is 4. The number of aromatic nitrogens is 2. The Bertz CT molecular complexity index is 1180. The summed E-state index contributed by atoms with van der Waals surface area (Å²) in [6, 6.07) is 3.93. The highest BCUT2D eigenvalue weighted by atomic mass is 35.5. The molecule has 2 heterocycles. The van der Waals surface area contributed by atoms with Crippen LogP contribution in [0.1, 0.15) is 53.3 Å². The zero-order valence-electron chi connectivity index (χ0n) is 17.1. The van der Waals surface area contributed by atoms with Gasteiger partial charge in [0.25, 0.3) is 0 Å². The van der Waals surface area contributed by atoms with Crippen molar-refractivity contribution >= 4 is 33.5 Å². The van der Waals surface area contributed by atoms with Gasteiger partial charge in [-0.1, -0.05) is 11.6 Å². The molecule has 0 radical (unpaired) electrons. The average molecular weight is 505 g/mol. The van der Waals surface area contributed by atoms with Crippen molar-refractivity contribution in [1.82, 2.24) is 14.7 Å². The van der Waals surface area contributed by atoms with E-state index in [4.69, 9.17) is 11.6 Å². The quantitative estimate of drug-likeness (QED) is 0.617. The van der Waals surface area contributed by atoms with Gasteiger partial charge >= 0.3 is 12.1 Å². The Morgan fingerprint density at radius 3 is 2.36 bits per heavy atom. The smallest absolute Gasteiger partial charge is 0.433 e. The minimum absolute atomic E-state index is 0.0139. The third-order valence-corrected chi connectivity index (χ3v) is 7.40. The zero-order chi connectivity index (χ0) is 24.0. The van der Waals surface area contributed by atoms with Crippen LogP contribution in [0.2, 0.25) is 5.02 Å². The summed E-state index contributed by atoms with van der Waals surface area (Å²) in [7, 11) is -4.16. The number of carboxylic acid groups (broad SMARTS) is 1. The Morgan fingerprint density at radius 2 is 1.79 bits per heavy atom. The molecule has 2 aromatic rings. The van der Waals surface area contributed by atoms with Crippen LogP contribution >= 0.6 is 11.6 Å². The first kappa shape index (κ1) is 23.7. The van der Waals surface area contributed by atoms with Gasteiger partial charge in [0, 0.05) is 35.8 Å². The van der Waals surface area contributed by atoms with E-state index in [9.17, 15) is 31.5 Å². The predicted molar refractivity (Wildman–Crippen MR) is 113 cm³/mol. The monoisotopic (exact) mass is 504 g/mol. The number of rotatable bonds is 6. The van der Waals surface area contributed by atoms with Gasteiger partial charge in [0.05, 0.1) is 10.5 Å². The zero-order valence-corrected chi connectivity index (χ0v) is 18.7. The fourth-order valence-corrected chi connectivity index (χ4v) is 5.37. The molecule has 8 nitrogen and oxygen atoms in total. The van der Waals surface area contributed by atoms with Crippen molar-refractivity contribution in [3.05, 3.63) is 46.2 Å². The van der Waals surface area contributed by atoms with Gasteiger partial charge in [0.15, 0.2) is 0 Å². The maximum Gasteiger partial charge on any atom is 0.433 e. The Balaban J connectivity index is 1.48. The summed E-state index contributed by atoms with van der Waals surface area (Å²) in [5.74, 6) is -1.43. The molecule has 1 aliphatic heterocycles. The van der Waals surface area contributed by atoms with Gasteiger partial charge < -0.3 is 10.0 Å². The number of sulfonamides is 1. The van der Waals surface area contributed by atoms with E-state index in [1.54, 1.807) is 4.90 Å². The van der Waals surface area contributed by atoms with E-state index in [1.165, 1.54) is 6.07 Å². The molecular formula is C20H20ClF3N4O4S. The van der Waals surface area contributed by atoms with Crippen LogP contribution in [0.3, 0.4) is 0 Å². The highest BCUT2D eigenvalue weighted by Crippen LogP contribution is 2.41. The summed E-state index contributed by atoms with van der Waals surface area (Å²) >= 11 is 5.78. The van der Waals surface area contributed by atoms with Crippen molar-refractivity contribution in [2.45, 2.75) is 48.7 Å². The molecule has 2 fully saturated rings. The lowest BCUT2D eigenvalue weighted by Gasteiger charge is -2.32. The molecule has 1 saturated heterocycles. The number of nitrogens with one attached hydrogen (secondary N) is 1. The molecule has 0 atom stereocenters. The van der Waals surface area contributed by atoms with Crippen LogP contribution in [0.15, 0.2) is 29.2 Å². The van der Waals surface area contributed by atoms with Crippen molar-refractivity contribution in [1.29, 1.82) is 0 Å². The second kappa shape index (κ2) is 8.73. The molecule has 13 heteroatoms. The molecule has 33 heavy (non-hydrogen) atoms. The highest BCUT2D eigenvalue weighted by molar-refractivity contribution is 7.89. The maximum atomic E-state index is 13.3. The van der Waals surface area contributed by atoms with Gasteiger partial charge in [-0.15, -0.1) is 0 Å². The Morgan fingerprint density at radius 1 is 1.12 bits per heavy atom. The Labute approximate surface area is 192 Å². The number of aromatic carboxylic acids is 1. The van der Waals surface area contributed by atoms with E-state index >= 15 is 0 Å². The van der Waals surface area contributed by atoms with E-state index in [0.29, 0.717) is 5.69 Å². The van der Waals surface area contributed by atoms with Gasteiger partial charge in [-0.05, 0) is 49.9 Å². The van der Waals surface area contributed by atoms with Crippen molar-refractivity contribution in [3.63, 3.8) is 0 Å². The number of hydrogen-bond donors (Lipinski definition) is 2. The van der Waals surface area contributed by atoms with Crippen LogP contribution < -0.4 is 9.62 Å². The molecule has 0 unspecified atom stereocenters. The normalized spacial score (nSPS) is 17.9. The van der Waals surface area contributed by atoms with Crippen molar-refractivity contribution in [2.24, 2.45) is 0 Å². The molecule has 0 amide bonds. The topological polar surface area (TPSA) is 112 Å².